The quantitative estimate of drug-likeness (QED) is 0.924. The van der Waals surface area contributed by atoms with Crippen LogP contribution in [0.4, 0.5) is 8.78 Å². The first-order valence-corrected chi connectivity index (χ1v) is 6.49. The van der Waals surface area contributed by atoms with E-state index in [-0.39, 0.29) is 17.3 Å². The van der Waals surface area contributed by atoms with Crippen LogP contribution >= 0.6 is 0 Å². The third-order valence-corrected chi connectivity index (χ3v) is 3.55. The Bertz CT molecular complexity index is 502. The number of ether oxygens (including phenoxy) is 1. The van der Waals surface area contributed by atoms with Crippen molar-refractivity contribution in [1.82, 2.24) is 4.90 Å². The average molecular weight is 283 g/mol. The van der Waals surface area contributed by atoms with E-state index in [0.717, 1.165) is 5.56 Å². The van der Waals surface area contributed by atoms with Crippen LogP contribution in [0.2, 0.25) is 0 Å². The minimum Gasteiger partial charge on any atom is -0.435 e. The van der Waals surface area contributed by atoms with E-state index in [4.69, 9.17) is 5.73 Å². The second-order valence-electron chi connectivity index (χ2n) is 5.31. The molecule has 0 aliphatic carbocycles. The molecule has 1 unspecified atom stereocenters. The summed E-state index contributed by atoms with van der Waals surface area (Å²) in [7, 11) is 0. The molecule has 1 aliphatic rings. The Morgan fingerprint density at radius 2 is 1.90 bits per heavy atom. The number of halogens is 2. The van der Waals surface area contributed by atoms with E-state index in [9.17, 15) is 8.78 Å². The summed E-state index contributed by atoms with van der Waals surface area (Å²) >= 11 is 0. The summed E-state index contributed by atoms with van der Waals surface area (Å²) in [5.74, 6) is 0.658. The lowest BCUT2D eigenvalue weighted by Crippen LogP contribution is -2.50. The van der Waals surface area contributed by atoms with Crippen molar-refractivity contribution in [2.24, 2.45) is 10.7 Å². The molecule has 2 N–H and O–H groups in total. The minimum atomic E-state index is -2.81. The predicted molar refractivity (Wildman–Crippen MR) is 73.9 cm³/mol. The van der Waals surface area contributed by atoms with Crippen molar-refractivity contribution in [3.8, 4) is 5.75 Å². The topological polar surface area (TPSA) is 50.8 Å². The molecule has 0 aromatic heterocycles. The number of hydrogen-bond acceptors (Lipinski definition) is 4. The summed E-state index contributed by atoms with van der Waals surface area (Å²) in [6.45, 7) is 3.86. The minimum absolute atomic E-state index is 0.148. The van der Waals surface area contributed by atoms with Gasteiger partial charge in [-0.15, -0.1) is 0 Å². The Kier molecular flexibility index (Phi) is 3.83. The first-order valence-electron chi connectivity index (χ1n) is 6.49. The van der Waals surface area contributed by atoms with Crippen LogP contribution in [0, 0.1) is 0 Å². The molecule has 0 saturated heterocycles. The molecule has 0 saturated carbocycles. The monoisotopic (exact) mass is 283 g/mol. The number of hydrogen-bond donors (Lipinski definition) is 1. The van der Waals surface area contributed by atoms with Gasteiger partial charge in [-0.05, 0) is 38.5 Å². The molecule has 0 fully saturated rings. The van der Waals surface area contributed by atoms with Crippen molar-refractivity contribution < 1.29 is 13.5 Å². The van der Waals surface area contributed by atoms with Gasteiger partial charge in [0.05, 0.1) is 12.1 Å². The van der Waals surface area contributed by atoms with Crippen molar-refractivity contribution in [1.29, 1.82) is 0 Å². The van der Waals surface area contributed by atoms with Crippen molar-refractivity contribution in [3.05, 3.63) is 29.8 Å². The molecule has 1 heterocycles. The summed E-state index contributed by atoms with van der Waals surface area (Å²) in [4.78, 5) is 6.35. The van der Waals surface area contributed by atoms with E-state index in [2.05, 4.69) is 9.73 Å². The predicted octanol–water partition coefficient (Wildman–Crippen LogP) is 2.54. The number of nitrogens with zero attached hydrogens (tertiary/aromatic N) is 2. The first-order chi connectivity index (χ1) is 9.34. The van der Waals surface area contributed by atoms with Gasteiger partial charge in [0.25, 0.3) is 0 Å². The third kappa shape index (κ3) is 2.55. The SMILES string of the molecule is CC(C)N1C(N)=NCC1(C)c1ccc(OC(F)F)cc1. The van der Waals surface area contributed by atoms with E-state index < -0.39 is 6.61 Å². The maximum atomic E-state index is 12.2. The summed E-state index contributed by atoms with van der Waals surface area (Å²) in [6.07, 6.45) is 0. The number of guanidine groups is 1. The smallest absolute Gasteiger partial charge is 0.387 e. The molecule has 1 aliphatic heterocycles. The van der Waals surface area contributed by atoms with Crippen LogP contribution in [-0.2, 0) is 5.54 Å². The molecular weight excluding hydrogens is 264 g/mol. The highest BCUT2D eigenvalue weighted by Gasteiger charge is 2.40. The normalized spacial score (nSPS) is 22.6. The first kappa shape index (κ1) is 14.6. The lowest BCUT2D eigenvalue weighted by atomic mass is 9.90. The maximum absolute atomic E-state index is 12.2. The van der Waals surface area contributed by atoms with Gasteiger partial charge in [0.1, 0.15) is 5.75 Å². The van der Waals surface area contributed by atoms with Crippen molar-refractivity contribution in [2.75, 3.05) is 6.54 Å². The fourth-order valence-corrected chi connectivity index (χ4v) is 2.70. The van der Waals surface area contributed by atoms with Gasteiger partial charge in [0, 0.05) is 6.04 Å². The molecule has 0 bridgehead atoms. The number of nitrogens with two attached hydrogens (primary N) is 1. The Hall–Kier alpha value is -1.85. The molecule has 110 valence electrons. The van der Waals surface area contributed by atoms with Crippen LogP contribution in [0.15, 0.2) is 29.3 Å². The lowest BCUT2D eigenvalue weighted by molar-refractivity contribution is -0.0498. The average Bonchev–Trinajstić information content (AvgIpc) is 2.66. The highest BCUT2D eigenvalue weighted by molar-refractivity contribution is 5.81. The van der Waals surface area contributed by atoms with Gasteiger partial charge in [-0.1, -0.05) is 12.1 Å². The van der Waals surface area contributed by atoms with E-state index in [1.165, 1.54) is 0 Å². The number of aliphatic imine (C=N–C) groups is 1. The second-order valence-corrected chi connectivity index (χ2v) is 5.31. The van der Waals surface area contributed by atoms with E-state index in [1.807, 2.05) is 25.7 Å². The van der Waals surface area contributed by atoms with E-state index >= 15 is 0 Å². The van der Waals surface area contributed by atoms with Gasteiger partial charge >= 0.3 is 6.61 Å². The molecular formula is C14H19F2N3O. The molecule has 6 heteroatoms. The van der Waals surface area contributed by atoms with Crippen molar-refractivity contribution in [2.45, 2.75) is 39.0 Å². The molecule has 1 aromatic carbocycles. The fourth-order valence-electron chi connectivity index (χ4n) is 2.70. The van der Waals surface area contributed by atoms with Crippen LogP contribution in [0.1, 0.15) is 26.3 Å². The van der Waals surface area contributed by atoms with Crippen LogP contribution in [0.5, 0.6) is 5.75 Å². The van der Waals surface area contributed by atoms with Gasteiger partial charge in [-0.3, -0.25) is 4.99 Å². The summed E-state index contributed by atoms with van der Waals surface area (Å²) in [6, 6.07) is 6.84. The van der Waals surface area contributed by atoms with Crippen molar-refractivity contribution in [3.63, 3.8) is 0 Å². The fraction of sp³-hybridized carbons (Fsp3) is 0.500. The van der Waals surface area contributed by atoms with E-state index in [1.54, 1.807) is 24.3 Å². The van der Waals surface area contributed by atoms with Gasteiger partial charge in [0.15, 0.2) is 5.96 Å². The Balaban J connectivity index is 2.26. The highest BCUT2D eigenvalue weighted by atomic mass is 19.3. The second kappa shape index (κ2) is 5.26. The lowest BCUT2D eigenvalue weighted by Gasteiger charge is -2.39. The number of benzene rings is 1. The molecule has 0 spiro atoms. The van der Waals surface area contributed by atoms with Crippen LogP contribution in [0.25, 0.3) is 0 Å². The van der Waals surface area contributed by atoms with Gasteiger partial charge in [0.2, 0.25) is 0 Å². The summed E-state index contributed by atoms with van der Waals surface area (Å²) in [5.41, 5.74) is 6.55. The summed E-state index contributed by atoms with van der Waals surface area (Å²) in [5, 5.41) is 0. The van der Waals surface area contributed by atoms with Gasteiger partial charge in [-0.25, -0.2) is 0 Å². The molecule has 1 atom stereocenters. The summed E-state index contributed by atoms with van der Waals surface area (Å²) < 4.78 is 28.7. The zero-order chi connectivity index (χ0) is 14.9. The zero-order valence-corrected chi connectivity index (χ0v) is 11.8. The van der Waals surface area contributed by atoms with Crippen LogP contribution in [0.3, 0.4) is 0 Å². The van der Waals surface area contributed by atoms with Gasteiger partial charge < -0.3 is 15.4 Å². The third-order valence-electron chi connectivity index (χ3n) is 3.55. The Labute approximate surface area is 117 Å². The Morgan fingerprint density at radius 1 is 1.30 bits per heavy atom. The van der Waals surface area contributed by atoms with E-state index in [0.29, 0.717) is 12.5 Å². The molecule has 1 aromatic rings. The molecule has 0 amide bonds. The van der Waals surface area contributed by atoms with Crippen LogP contribution in [-0.4, -0.2) is 30.1 Å². The standard InChI is InChI=1S/C14H19F2N3O/c1-9(2)19-13(17)18-8-14(19,3)10-4-6-11(7-5-10)20-12(15)16/h4-7,9,12H,8H2,1-3H3,(H2,17,18). The number of rotatable bonds is 4. The van der Waals surface area contributed by atoms with Crippen molar-refractivity contribution >= 4 is 5.96 Å². The zero-order valence-electron chi connectivity index (χ0n) is 11.8. The molecule has 4 nitrogen and oxygen atoms in total. The van der Waals surface area contributed by atoms with Gasteiger partial charge in [-0.2, -0.15) is 8.78 Å². The Morgan fingerprint density at radius 3 is 2.40 bits per heavy atom. The largest absolute Gasteiger partial charge is 0.435 e. The molecule has 2 rings (SSSR count). The molecule has 20 heavy (non-hydrogen) atoms. The highest BCUT2D eigenvalue weighted by Crippen LogP contribution is 2.35. The van der Waals surface area contributed by atoms with Crippen LogP contribution < -0.4 is 10.5 Å². The molecule has 0 radical (unpaired) electrons. The number of alkyl halides is 2. The maximum Gasteiger partial charge on any atom is 0.387 e.